The van der Waals surface area contributed by atoms with E-state index in [-0.39, 0.29) is 0 Å². The van der Waals surface area contributed by atoms with Gasteiger partial charge in [-0.1, -0.05) is 88.4 Å². The van der Waals surface area contributed by atoms with E-state index in [1.165, 1.54) is 44.5 Å². The third-order valence-electron chi connectivity index (χ3n) is 5.52. The molecule has 3 aromatic carbocycles. The smallest absolute Gasteiger partial charge is 0.0102 e. The summed E-state index contributed by atoms with van der Waals surface area (Å²) in [6, 6.07) is 22.5. The number of hydrogen-bond donors (Lipinski definition) is 0. The molecule has 0 nitrogen and oxygen atoms in total. The molecule has 0 aromatic heterocycles. The topological polar surface area (TPSA) is 0 Å². The molecule has 0 aliphatic carbocycles. The standard InChI is InChI=1S/C26H30/c1-5-19-13-11-17-23(21(19)7-3)25-15-9-10-16-26(25)24-18-12-14-20(6-2)22(24)8-4/h9-18H,5-8H2,1-4H3. The first-order chi connectivity index (χ1) is 12.7. The average molecular weight is 343 g/mol. The van der Waals surface area contributed by atoms with E-state index in [0.29, 0.717) is 0 Å². The Bertz CT molecular complexity index is 812. The van der Waals surface area contributed by atoms with Crippen molar-refractivity contribution in [3.63, 3.8) is 0 Å². The van der Waals surface area contributed by atoms with Gasteiger partial charge in [0.2, 0.25) is 0 Å². The monoisotopic (exact) mass is 342 g/mol. The molecular weight excluding hydrogens is 312 g/mol. The van der Waals surface area contributed by atoms with Gasteiger partial charge in [0.15, 0.2) is 0 Å². The third kappa shape index (κ3) is 3.33. The highest BCUT2D eigenvalue weighted by atomic mass is 14.2. The van der Waals surface area contributed by atoms with E-state index in [1.54, 1.807) is 0 Å². The van der Waals surface area contributed by atoms with Crippen LogP contribution in [0.2, 0.25) is 0 Å². The van der Waals surface area contributed by atoms with Gasteiger partial charge in [-0.15, -0.1) is 0 Å². The molecule has 0 aliphatic heterocycles. The summed E-state index contributed by atoms with van der Waals surface area (Å²) in [4.78, 5) is 0. The Hall–Kier alpha value is -2.34. The van der Waals surface area contributed by atoms with Crippen molar-refractivity contribution in [2.75, 3.05) is 0 Å². The minimum atomic E-state index is 1.07. The van der Waals surface area contributed by atoms with Gasteiger partial charge >= 0.3 is 0 Å². The number of aryl methyl sites for hydroxylation is 2. The molecule has 0 spiro atoms. The predicted octanol–water partition coefficient (Wildman–Crippen LogP) is 7.27. The summed E-state index contributed by atoms with van der Waals surface area (Å²) in [7, 11) is 0. The Labute approximate surface area is 158 Å². The van der Waals surface area contributed by atoms with Crippen LogP contribution in [0.25, 0.3) is 22.3 Å². The SMILES string of the molecule is CCc1cccc(-c2ccccc2-c2cccc(CC)c2CC)c1CC. The third-order valence-corrected chi connectivity index (χ3v) is 5.52. The van der Waals surface area contributed by atoms with Gasteiger partial charge in [-0.25, -0.2) is 0 Å². The number of rotatable bonds is 6. The van der Waals surface area contributed by atoms with Crippen molar-refractivity contribution in [1.82, 2.24) is 0 Å². The summed E-state index contributed by atoms with van der Waals surface area (Å²) in [5.74, 6) is 0. The molecule has 3 rings (SSSR count). The lowest BCUT2D eigenvalue weighted by atomic mass is 9.85. The van der Waals surface area contributed by atoms with Gasteiger partial charge in [0, 0.05) is 0 Å². The van der Waals surface area contributed by atoms with Crippen LogP contribution in [-0.4, -0.2) is 0 Å². The zero-order valence-corrected chi connectivity index (χ0v) is 16.6. The molecule has 0 amide bonds. The summed E-state index contributed by atoms with van der Waals surface area (Å²) in [6.45, 7) is 9.06. The Kier molecular flexibility index (Phi) is 5.93. The van der Waals surface area contributed by atoms with Crippen LogP contribution in [0.3, 0.4) is 0 Å². The minimum Gasteiger partial charge on any atom is -0.0616 e. The van der Waals surface area contributed by atoms with Gasteiger partial charge < -0.3 is 0 Å². The fraction of sp³-hybridized carbons (Fsp3) is 0.308. The fourth-order valence-corrected chi connectivity index (χ4v) is 4.22. The van der Waals surface area contributed by atoms with Crippen LogP contribution in [0.15, 0.2) is 60.7 Å². The molecule has 0 bridgehead atoms. The highest BCUT2D eigenvalue weighted by Gasteiger charge is 2.15. The van der Waals surface area contributed by atoms with Gasteiger partial charge in [0.25, 0.3) is 0 Å². The predicted molar refractivity (Wildman–Crippen MR) is 115 cm³/mol. The van der Waals surface area contributed by atoms with Crippen molar-refractivity contribution < 1.29 is 0 Å². The first kappa shape index (κ1) is 18.5. The summed E-state index contributed by atoms with van der Waals surface area (Å²) >= 11 is 0. The second kappa shape index (κ2) is 8.36. The Morgan fingerprint density at radius 1 is 0.423 bits per heavy atom. The summed E-state index contributed by atoms with van der Waals surface area (Å²) in [5, 5.41) is 0. The molecule has 0 heterocycles. The largest absolute Gasteiger partial charge is 0.0616 e. The van der Waals surface area contributed by atoms with E-state index in [1.807, 2.05) is 0 Å². The van der Waals surface area contributed by atoms with Crippen LogP contribution in [-0.2, 0) is 25.7 Å². The van der Waals surface area contributed by atoms with Crippen LogP contribution in [0.4, 0.5) is 0 Å². The van der Waals surface area contributed by atoms with E-state index in [2.05, 4.69) is 88.4 Å². The lowest BCUT2D eigenvalue weighted by Gasteiger charge is -2.19. The lowest BCUT2D eigenvalue weighted by molar-refractivity contribution is 1.04. The molecule has 134 valence electrons. The molecular formula is C26H30. The molecule has 0 atom stereocenters. The Balaban J connectivity index is 2.27. The second-order valence-corrected chi connectivity index (χ2v) is 6.85. The fourth-order valence-electron chi connectivity index (χ4n) is 4.22. The van der Waals surface area contributed by atoms with E-state index >= 15 is 0 Å². The number of hydrogen-bond acceptors (Lipinski definition) is 0. The summed E-state index contributed by atoms with van der Waals surface area (Å²) in [5.41, 5.74) is 11.4. The molecule has 0 radical (unpaired) electrons. The van der Waals surface area contributed by atoms with Crippen LogP contribution >= 0.6 is 0 Å². The first-order valence-electron chi connectivity index (χ1n) is 10.1. The average Bonchev–Trinajstić information content (AvgIpc) is 2.72. The van der Waals surface area contributed by atoms with Gasteiger partial charge in [-0.3, -0.25) is 0 Å². The van der Waals surface area contributed by atoms with Gasteiger partial charge in [0.1, 0.15) is 0 Å². The zero-order valence-electron chi connectivity index (χ0n) is 16.6. The highest BCUT2D eigenvalue weighted by molar-refractivity contribution is 5.86. The van der Waals surface area contributed by atoms with Gasteiger partial charge in [0.05, 0.1) is 0 Å². The number of benzene rings is 3. The molecule has 3 aromatic rings. The molecule has 26 heavy (non-hydrogen) atoms. The van der Waals surface area contributed by atoms with Crippen molar-refractivity contribution in [2.24, 2.45) is 0 Å². The molecule has 0 fully saturated rings. The molecule has 0 N–H and O–H groups in total. The maximum Gasteiger partial charge on any atom is -0.0102 e. The van der Waals surface area contributed by atoms with Crippen LogP contribution in [0.5, 0.6) is 0 Å². The van der Waals surface area contributed by atoms with Crippen molar-refractivity contribution in [3.8, 4) is 22.3 Å². The highest BCUT2D eigenvalue weighted by Crippen LogP contribution is 2.37. The van der Waals surface area contributed by atoms with Crippen LogP contribution in [0, 0.1) is 0 Å². The lowest BCUT2D eigenvalue weighted by Crippen LogP contribution is -1.99. The van der Waals surface area contributed by atoms with Crippen molar-refractivity contribution in [3.05, 3.63) is 82.9 Å². The summed E-state index contributed by atoms with van der Waals surface area (Å²) < 4.78 is 0. The van der Waals surface area contributed by atoms with E-state index in [0.717, 1.165) is 25.7 Å². The maximum atomic E-state index is 2.30. The zero-order chi connectivity index (χ0) is 18.5. The Morgan fingerprint density at radius 2 is 0.808 bits per heavy atom. The van der Waals surface area contributed by atoms with Crippen LogP contribution < -0.4 is 0 Å². The van der Waals surface area contributed by atoms with Crippen LogP contribution in [0.1, 0.15) is 49.9 Å². The summed E-state index contributed by atoms with van der Waals surface area (Å²) in [6.07, 6.45) is 4.32. The van der Waals surface area contributed by atoms with E-state index in [4.69, 9.17) is 0 Å². The normalized spacial score (nSPS) is 10.9. The van der Waals surface area contributed by atoms with E-state index < -0.39 is 0 Å². The van der Waals surface area contributed by atoms with Crippen molar-refractivity contribution in [2.45, 2.75) is 53.4 Å². The van der Waals surface area contributed by atoms with Crippen molar-refractivity contribution >= 4 is 0 Å². The second-order valence-electron chi connectivity index (χ2n) is 6.85. The van der Waals surface area contributed by atoms with Gasteiger partial charge in [-0.05, 0) is 70.2 Å². The van der Waals surface area contributed by atoms with Gasteiger partial charge in [-0.2, -0.15) is 0 Å². The van der Waals surface area contributed by atoms with Crippen molar-refractivity contribution in [1.29, 1.82) is 0 Å². The Morgan fingerprint density at radius 3 is 1.15 bits per heavy atom. The first-order valence-corrected chi connectivity index (χ1v) is 10.1. The molecule has 0 saturated heterocycles. The minimum absolute atomic E-state index is 1.07. The quantitative estimate of drug-likeness (QED) is 0.442. The molecule has 0 aliphatic rings. The maximum absolute atomic E-state index is 2.30. The molecule has 0 heteroatoms. The van der Waals surface area contributed by atoms with E-state index in [9.17, 15) is 0 Å². The molecule has 0 saturated carbocycles. The molecule has 0 unspecified atom stereocenters.